The molecule has 0 radical (unpaired) electrons. The normalized spacial score (nSPS) is 10.9. The molecule has 0 aliphatic rings. The lowest BCUT2D eigenvalue weighted by atomic mass is 10.3. The Kier molecular flexibility index (Phi) is 5.14. The molecule has 130 valence electrons. The van der Waals surface area contributed by atoms with Crippen LogP contribution in [-0.2, 0) is 17.7 Å². The van der Waals surface area contributed by atoms with Crippen molar-refractivity contribution in [3.8, 4) is 0 Å². The SMILES string of the molecule is COCCn1nc(C(=O)NCCc2nnc3ccccn23)ccc1=O. The van der Waals surface area contributed by atoms with E-state index in [4.69, 9.17) is 4.74 Å². The van der Waals surface area contributed by atoms with Gasteiger partial charge in [0.1, 0.15) is 11.5 Å². The van der Waals surface area contributed by atoms with E-state index in [0.29, 0.717) is 26.1 Å². The molecule has 1 amide bonds. The molecule has 0 atom stereocenters. The van der Waals surface area contributed by atoms with Crippen molar-refractivity contribution in [2.75, 3.05) is 20.3 Å². The highest BCUT2D eigenvalue weighted by molar-refractivity contribution is 5.91. The maximum Gasteiger partial charge on any atom is 0.271 e. The number of methoxy groups -OCH3 is 1. The van der Waals surface area contributed by atoms with E-state index >= 15 is 0 Å². The second-order valence-electron chi connectivity index (χ2n) is 5.32. The second kappa shape index (κ2) is 7.67. The zero-order chi connectivity index (χ0) is 17.6. The monoisotopic (exact) mass is 342 g/mol. The number of fused-ring (bicyclic) bond motifs is 1. The molecule has 3 aromatic rings. The first-order valence-electron chi connectivity index (χ1n) is 7.83. The molecule has 0 aliphatic carbocycles. The quantitative estimate of drug-likeness (QED) is 0.643. The van der Waals surface area contributed by atoms with E-state index in [1.165, 1.54) is 23.9 Å². The molecule has 0 spiro atoms. The number of hydrogen-bond donors (Lipinski definition) is 1. The Hall–Kier alpha value is -3.07. The Morgan fingerprint density at radius 1 is 1.24 bits per heavy atom. The van der Waals surface area contributed by atoms with Crippen molar-refractivity contribution in [3.05, 3.63) is 58.4 Å². The highest BCUT2D eigenvalue weighted by Crippen LogP contribution is 2.03. The van der Waals surface area contributed by atoms with E-state index in [1.807, 2.05) is 28.8 Å². The lowest BCUT2D eigenvalue weighted by Crippen LogP contribution is -2.31. The average Bonchev–Trinajstić information content (AvgIpc) is 3.04. The van der Waals surface area contributed by atoms with Crippen LogP contribution in [0.2, 0.25) is 0 Å². The van der Waals surface area contributed by atoms with Crippen LogP contribution < -0.4 is 10.9 Å². The number of carbonyl (C=O) groups is 1. The summed E-state index contributed by atoms with van der Waals surface area (Å²) in [5.74, 6) is 0.411. The standard InChI is InChI=1S/C16H18N6O3/c1-25-11-10-22-15(23)6-5-12(20-22)16(24)17-8-7-14-19-18-13-4-2-3-9-21(13)14/h2-6,9H,7-8,10-11H2,1H3,(H,17,24). The lowest BCUT2D eigenvalue weighted by Gasteiger charge is -2.07. The zero-order valence-corrected chi connectivity index (χ0v) is 13.8. The van der Waals surface area contributed by atoms with Gasteiger partial charge in [-0.3, -0.25) is 14.0 Å². The third-order valence-electron chi connectivity index (χ3n) is 3.62. The van der Waals surface area contributed by atoms with Gasteiger partial charge in [-0.1, -0.05) is 6.07 Å². The molecule has 3 rings (SSSR count). The van der Waals surface area contributed by atoms with Crippen molar-refractivity contribution in [2.24, 2.45) is 0 Å². The molecule has 3 heterocycles. The third-order valence-corrected chi connectivity index (χ3v) is 3.62. The smallest absolute Gasteiger partial charge is 0.271 e. The molecule has 0 fully saturated rings. The highest BCUT2D eigenvalue weighted by atomic mass is 16.5. The number of amides is 1. The minimum absolute atomic E-state index is 0.182. The molecule has 9 nitrogen and oxygen atoms in total. The molecule has 0 bridgehead atoms. The fourth-order valence-corrected chi connectivity index (χ4v) is 2.35. The lowest BCUT2D eigenvalue weighted by molar-refractivity contribution is 0.0945. The van der Waals surface area contributed by atoms with Gasteiger partial charge < -0.3 is 10.1 Å². The predicted molar refractivity (Wildman–Crippen MR) is 89.4 cm³/mol. The second-order valence-corrected chi connectivity index (χ2v) is 5.32. The number of ether oxygens (including phenoxy) is 1. The first kappa shape index (κ1) is 16.8. The van der Waals surface area contributed by atoms with E-state index < -0.39 is 0 Å². The fourth-order valence-electron chi connectivity index (χ4n) is 2.35. The largest absolute Gasteiger partial charge is 0.383 e. The van der Waals surface area contributed by atoms with Crippen molar-refractivity contribution >= 4 is 11.6 Å². The van der Waals surface area contributed by atoms with Crippen molar-refractivity contribution in [2.45, 2.75) is 13.0 Å². The first-order chi connectivity index (χ1) is 12.2. The molecule has 1 N–H and O–H groups in total. The van der Waals surface area contributed by atoms with E-state index in [1.54, 1.807) is 0 Å². The molecule has 0 aliphatic heterocycles. The van der Waals surface area contributed by atoms with Gasteiger partial charge in [-0.15, -0.1) is 10.2 Å². The first-order valence-corrected chi connectivity index (χ1v) is 7.83. The predicted octanol–water partition coefficient (Wildman–Crippen LogP) is -0.0951. The molecule has 0 saturated heterocycles. The summed E-state index contributed by atoms with van der Waals surface area (Å²) >= 11 is 0. The topological polar surface area (TPSA) is 103 Å². The average molecular weight is 342 g/mol. The minimum Gasteiger partial charge on any atom is -0.383 e. The molecule has 3 aromatic heterocycles. The summed E-state index contributed by atoms with van der Waals surface area (Å²) in [4.78, 5) is 23.9. The number of carbonyl (C=O) groups excluding carboxylic acids is 1. The Bertz CT molecular complexity index is 933. The van der Waals surface area contributed by atoms with Crippen LogP contribution >= 0.6 is 0 Å². The number of nitrogens with one attached hydrogen (secondary N) is 1. The fraction of sp³-hybridized carbons (Fsp3) is 0.312. The van der Waals surface area contributed by atoms with Gasteiger partial charge in [0.25, 0.3) is 11.5 Å². The number of rotatable bonds is 7. The highest BCUT2D eigenvalue weighted by Gasteiger charge is 2.10. The van der Waals surface area contributed by atoms with Gasteiger partial charge in [0.2, 0.25) is 0 Å². The van der Waals surface area contributed by atoms with Crippen LogP contribution in [0.25, 0.3) is 5.65 Å². The van der Waals surface area contributed by atoms with E-state index in [0.717, 1.165) is 11.5 Å². The summed E-state index contributed by atoms with van der Waals surface area (Å²) in [6.07, 6.45) is 2.40. The minimum atomic E-state index is -0.347. The molecule has 0 saturated carbocycles. The van der Waals surface area contributed by atoms with Crippen LogP contribution in [-0.4, -0.2) is 50.5 Å². The zero-order valence-electron chi connectivity index (χ0n) is 13.8. The summed E-state index contributed by atoms with van der Waals surface area (Å²) in [6.45, 7) is 1.02. The van der Waals surface area contributed by atoms with Crippen molar-refractivity contribution in [1.29, 1.82) is 0 Å². The van der Waals surface area contributed by atoms with Crippen LogP contribution in [0, 0.1) is 0 Å². The summed E-state index contributed by atoms with van der Waals surface area (Å²) in [5.41, 5.74) is 0.668. The van der Waals surface area contributed by atoms with E-state index in [9.17, 15) is 9.59 Å². The van der Waals surface area contributed by atoms with Gasteiger partial charge in [-0.25, -0.2) is 4.68 Å². The van der Waals surface area contributed by atoms with Crippen LogP contribution in [0.3, 0.4) is 0 Å². The van der Waals surface area contributed by atoms with Crippen LogP contribution in [0.5, 0.6) is 0 Å². The van der Waals surface area contributed by atoms with E-state index in [-0.39, 0.29) is 17.2 Å². The van der Waals surface area contributed by atoms with Crippen LogP contribution in [0.4, 0.5) is 0 Å². The van der Waals surface area contributed by atoms with Gasteiger partial charge >= 0.3 is 0 Å². The summed E-state index contributed by atoms with van der Waals surface area (Å²) < 4.78 is 8.01. The number of hydrogen-bond acceptors (Lipinski definition) is 6. The molecular weight excluding hydrogens is 324 g/mol. The van der Waals surface area contributed by atoms with Crippen LogP contribution in [0.15, 0.2) is 41.3 Å². The molecule has 0 aromatic carbocycles. The molecule has 0 unspecified atom stereocenters. The van der Waals surface area contributed by atoms with E-state index in [2.05, 4.69) is 20.6 Å². The van der Waals surface area contributed by atoms with Crippen molar-refractivity contribution in [1.82, 2.24) is 29.7 Å². The Labute approximate surface area is 143 Å². The Balaban J connectivity index is 1.62. The summed E-state index contributed by atoms with van der Waals surface area (Å²) in [5, 5.41) is 15.0. The maximum atomic E-state index is 12.2. The Morgan fingerprint density at radius 2 is 2.12 bits per heavy atom. The summed E-state index contributed by atoms with van der Waals surface area (Å²) in [7, 11) is 1.54. The third kappa shape index (κ3) is 3.89. The van der Waals surface area contributed by atoms with Crippen molar-refractivity contribution < 1.29 is 9.53 Å². The van der Waals surface area contributed by atoms with Crippen LogP contribution in [0.1, 0.15) is 16.3 Å². The number of nitrogens with zero attached hydrogens (tertiary/aromatic N) is 5. The van der Waals surface area contributed by atoms with Gasteiger partial charge in [0.05, 0.1) is 13.2 Å². The van der Waals surface area contributed by atoms with Gasteiger partial charge in [0, 0.05) is 32.3 Å². The molecule has 25 heavy (non-hydrogen) atoms. The molecule has 9 heteroatoms. The van der Waals surface area contributed by atoms with Gasteiger partial charge in [-0.05, 0) is 18.2 Å². The summed E-state index contributed by atoms with van der Waals surface area (Å²) in [6, 6.07) is 8.38. The number of aromatic nitrogens is 5. The maximum absolute atomic E-state index is 12.2. The molecular formula is C16H18N6O3. The van der Waals surface area contributed by atoms with Gasteiger partial charge in [0.15, 0.2) is 5.65 Å². The Morgan fingerprint density at radius 3 is 2.96 bits per heavy atom. The number of pyridine rings is 1. The van der Waals surface area contributed by atoms with Crippen molar-refractivity contribution in [3.63, 3.8) is 0 Å². The van der Waals surface area contributed by atoms with Gasteiger partial charge in [-0.2, -0.15) is 5.10 Å².